The first-order valence-corrected chi connectivity index (χ1v) is 4.43. The molecule has 0 radical (unpaired) electrons. The highest BCUT2D eigenvalue weighted by Crippen LogP contribution is 2.29. The monoisotopic (exact) mass is 210 g/mol. The Bertz CT molecular complexity index is 213. The van der Waals surface area contributed by atoms with Gasteiger partial charge in [0.1, 0.15) is 11.8 Å². The van der Waals surface area contributed by atoms with Crippen molar-refractivity contribution in [3.05, 3.63) is 0 Å². The van der Waals surface area contributed by atoms with Gasteiger partial charge >= 0.3 is 6.18 Å². The number of hydrogen-bond donors (Lipinski definition) is 2. The van der Waals surface area contributed by atoms with Crippen LogP contribution < -0.4 is 5.73 Å². The van der Waals surface area contributed by atoms with Crippen molar-refractivity contribution in [3.63, 3.8) is 0 Å². The van der Waals surface area contributed by atoms with E-state index in [2.05, 4.69) is 0 Å². The molecular weight excluding hydrogens is 197 g/mol. The molecule has 1 atom stereocenters. The average molecular weight is 210 g/mol. The van der Waals surface area contributed by atoms with Gasteiger partial charge in [0.15, 0.2) is 0 Å². The van der Waals surface area contributed by atoms with Crippen LogP contribution >= 0.6 is 0 Å². The Hall–Kier alpha value is -0.780. The van der Waals surface area contributed by atoms with Crippen LogP contribution in [0, 0.1) is 11.3 Å². The van der Waals surface area contributed by atoms with Crippen LogP contribution in [0.4, 0.5) is 13.2 Å². The molecule has 1 aliphatic carbocycles. The van der Waals surface area contributed by atoms with E-state index in [0.29, 0.717) is 0 Å². The Morgan fingerprint density at radius 2 is 2.07 bits per heavy atom. The lowest BCUT2D eigenvalue weighted by molar-refractivity contribution is -0.175. The standard InChI is InChI=1S/C8H13F3N2O/c9-8(10,11)6(7(12)13)4-14-5-2-1-3-5/h5-6H,1-4H2,(H3,12,13). The Kier molecular flexibility index (Phi) is 3.36. The third-order valence-electron chi connectivity index (χ3n) is 2.32. The largest absolute Gasteiger partial charge is 0.400 e. The summed E-state index contributed by atoms with van der Waals surface area (Å²) in [5.74, 6) is -2.83. The number of ether oxygens (including phenoxy) is 1. The van der Waals surface area contributed by atoms with Crippen LogP contribution in [-0.4, -0.2) is 24.7 Å². The Morgan fingerprint density at radius 1 is 1.50 bits per heavy atom. The first-order valence-electron chi connectivity index (χ1n) is 4.43. The summed E-state index contributed by atoms with van der Waals surface area (Å²) in [4.78, 5) is 0. The van der Waals surface area contributed by atoms with Crippen LogP contribution in [0.25, 0.3) is 0 Å². The molecule has 0 saturated heterocycles. The van der Waals surface area contributed by atoms with Crippen LogP contribution in [0.1, 0.15) is 19.3 Å². The van der Waals surface area contributed by atoms with Gasteiger partial charge in [-0.15, -0.1) is 0 Å². The van der Waals surface area contributed by atoms with Crippen LogP contribution in [-0.2, 0) is 4.74 Å². The molecular formula is C8H13F3N2O. The van der Waals surface area contributed by atoms with Crippen LogP contribution in [0.15, 0.2) is 0 Å². The SMILES string of the molecule is N=C(N)C(COC1CCC1)C(F)(F)F. The lowest BCUT2D eigenvalue weighted by Gasteiger charge is -2.28. The zero-order chi connectivity index (χ0) is 10.8. The molecule has 0 aromatic heterocycles. The fourth-order valence-corrected chi connectivity index (χ4v) is 1.13. The Morgan fingerprint density at radius 3 is 2.36 bits per heavy atom. The first-order chi connectivity index (χ1) is 6.41. The predicted molar refractivity (Wildman–Crippen MR) is 45.1 cm³/mol. The molecule has 14 heavy (non-hydrogen) atoms. The van der Waals surface area contributed by atoms with Crippen molar-refractivity contribution in [1.82, 2.24) is 0 Å². The third-order valence-corrected chi connectivity index (χ3v) is 2.32. The second kappa shape index (κ2) is 4.16. The number of alkyl halides is 3. The van der Waals surface area contributed by atoms with Gasteiger partial charge in [-0.1, -0.05) is 0 Å². The topological polar surface area (TPSA) is 59.1 Å². The van der Waals surface area contributed by atoms with E-state index in [1.165, 1.54) is 0 Å². The van der Waals surface area contributed by atoms with Gasteiger partial charge in [0.2, 0.25) is 0 Å². The van der Waals surface area contributed by atoms with Crippen molar-refractivity contribution < 1.29 is 17.9 Å². The third kappa shape index (κ3) is 2.87. The molecule has 0 aromatic rings. The van der Waals surface area contributed by atoms with E-state index >= 15 is 0 Å². The van der Waals surface area contributed by atoms with Crippen LogP contribution in [0.3, 0.4) is 0 Å². The maximum Gasteiger partial charge on any atom is 0.400 e. The zero-order valence-corrected chi connectivity index (χ0v) is 7.60. The van der Waals surface area contributed by atoms with Crippen molar-refractivity contribution in [2.75, 3.05) is 6.61 Å². The van der Waals surface area contributed by atoms with Crippen molar-refractivity contribution in [2.24, 2.45) is 11.7 Å². The maximum atomic E-state index is 12.2. The summed E-state index contributed by atoms with van der Waals surface area (Å²) in [7, 11) is 0. The summed E-state index contributed by atoms with van der Waals surface area (Å²) >= 11 is 0. The number of rotatable bonds is 4. The van der Waals surface area contributed by atoms with Gasteiger partial charge in [0, 0.05) is 0 Å². The van der Waals surface area contributed by atoms with E-state index in [1.54, 1.807) is 0 Å². The minimum atomic E-state index is -4.48. The van der Waals surface area contributed by atoms with E-state index in [-0.39, 0.29) is 6.10 Å². The van der Waals surface area contributed by atoms with E-state index in [1.807, 2.05) is 0 Å². The normalized spacial score (nSPS) is 20.2. The van der Waals surface area contributed by atoms with E-state index in [9.17, 15) is 13.2 Å². The lowest BCUT2D eigenvalue weighted by atomic mass is 9.96. The van der Waals surface area contributed by atoms with Crippen molar-refractivity contribution in [1.29, 1.82) is 5.41 Å². The number of amidine groups is 1. The van der Waals surface area contributed by atoms with Gasteiger partial charge in [-0.25, -0.2) is 0 Å². The van der Waals surface area contributed by atoms with Gasteiger partial charge in [-0.3, -0.25) is 5.41 Å². The summed E-state index contributed by atoms with van der Waals surface area (Å²) in [6.45, 7) is -0.524. The van der Waals surface area contributed by atoms with E-state index in [0.717, 1.165) is 19.3 Å². The minimum Gasteiger partial charge on any atom is -0.387 e. The van der Waals surface area contributed by atoms with Crippen molar-refractivity contribution in [2.45, 2.75) is 31.5 Å². The van der Waals surface area contributed by atoms with Crippen molar-refractivity contribution in [3.8, 4) is 0 Å². The molecule has 1 saturated carbocycles. The smallest absolute Gasteiger partial charge is 0.387 e. The van der Waals surface area contributed by atoms with Gasteiger partial charge in [0.05, 0.1) is 12.7 Å². The number of nitrogens with two attached hydrogens (primary N) is 1. The summed E-state index contributed by atoms with van der Waals surface area (Å²) in [5.41, 5.74) is 4.85. The highest BCUT2D eigenvalue weighted by atomic mass is 19.4. The second-order valence-corrected chi connectivity index (χ2v) is 3.44. The molecule has 0 amide bonds. The predicted octanol–water partition coefficient (Wildman–Crippen LogP) is 1.67. The number of hydrogen-bond acceptors (Lipinski definition) is 2. The highest BCUT2D eigenvalue weighted by Gasteiger charge is 2.42. The summed E-state index contributed by atoms with van der Waals surface area (Å²) in [6.07, 6.45) is -1.93. The number of halogens is 3. The highest BCUT2D eigenvalue weighted by molar-refractivity contribution is 5.80. The summed E-state index contributed by atoms with van der Waals surface area (Å²) in [5, 5.41) is 6.80. The second-order valence-electron chi connectivity index (χ2n) is 3.44. The fourth-order valence-electron chi connectivity index (χ4n) is 1.13. The molecule has 0 aromatic carbocycles. The summed E-state index contributed by atoms with van der Waals surface area (Å²) < 4.78 is 41.7. The Balaban J connectivity index is 2.39. The minimum absolute atomic E-state index is 0.0702. The Labute approximate surface area is 79.9 Å². The van der Waals surface area contributed by atoms with E-state index < -0.39 is 24.5 Å². The van der Waals surface area contributed by atoms with Gasteiger partial charge in [-0.2, -0.15) is 13.2 Å². The molecule has 1 unspecified atom stereocenters. The van der Waals surface area contributed by atoms with Gasteiger partial charge < -0.3 is 10.5 Å². The number of nitrogens with one attached hydrogen (secondary N) is 1. The summed E-state index contributed by atoms with van der Waals surface area (Å²) in [6, 6.07) is 0. The van der Waals surface area contributed by atoms with Crippen LogP contribution in [0.5, 0.6) is 0 Å². The molecule has 3 nitrogen and oxygen atoms in total. The quantitative estimate of drug-likeness (QED) is 0.547. The van der Waals surface area contributed by atoms with Gasteiger partial charge in [-0.05, 0) is 19.3 Å². The zero-order valence-electron chi connectivity index (χ0n) is 7.60. The van der Waals surface area contributed by atoms with E-state index in [4.69, 9.17) is 15.9 Å². The lowest BCUT2D eigenvalue weighted by Crippen LogP contribution is -2.40. The molecule has 0 aliphatic heterocycles. The molecule has 82 valence electrons. The fraction of sp³-hybridized carbons (Fsp3) is 0.875. The van der Waals surface area contributed by atoms with Crippen molar-refractivity contribution >= 4 is 5.84 Å². The first kappa shape index (κ1) is 11.3. The molecule has 0 bridgehead atoms. The molecule has 3 N–H and O–H groups in total. The molecule has 0 heterocycles. The molecule has 6 heteroatoms. The average Bonchev–Trinajstić information content (AvgIpc) is 1.90. The maximum absolute atomic E-state index is 12.2. The molecule has 1 rings (SSSR count). The van der Waals surface area contributed by atoms with Gasteiger partial charge in [0.25, 0.3) is 0 Å². The molecule has 1 fully saturated rings. The van der Waals surface area contributed by atoms with Crippen LogP contribution in [0.2, 0.25) is 0 Å². The molecule has 1 aliphatic rings. The molecule has 0 spiro atoms.